The van der Waals surface area contributed by atoms with Gasteiger partial charge in [0.15, 0.2) is 0 Å². The number of aliphatic carboxylic acids is 1. The van der Waals surface area contributed by atoms with Crippen LogP contribution < -0.4 is 0 Å². The molecule has 1 aliphatic carbocycles. The maximum absolute atomic E-state index is 10.6. The Labute approximate surface area is 71.7 Å². The minimum Gasteiger partial charge on any atom is -0.481 e. The van der Waals surface area contributed by atoms with Crippen molar-refractivity contribution in [2.24, 2.45) is 5.41 Å². The summed E-state index contributed by atoms with van der Waals surface area (Å²) in [6.45, 7) is 2.74. The van der Waals surface area contributed by atoms with Crippen molar-refractivity contribution in [3.8, 4) is 0 Å². The lowest BCUT2D eigenvalue weighted by Crippen LogP contribution is -2.25. The molecule has 12 heavy (non-hydrogen) atoms. The second kappa shape index (κ2) is 2.22. The third-order valence-corrected chi connectivity index (χ3v) is 3.19. The van der Waals surface area contributed by atoms with Gasteiger partial charge < -0.3 is 9.84 Å². The van der Waals surface area contributed by atoms with E-state index < -0.39 is 5.97 Å². The molecule has 1 saturated heterocycles. The Morgan fingerprint density at radius 3 is 2.67 bits per heavy atom. The van der Waals surface area contributed by atoms with Gasteiger partial charge in [-0.2, -0.15) is 0 Å². The Hall–Kier alpha value is -0.570. The van der Waals surface area contributed by atoms with Crippen molar-refractivity contribution in [3.05, 3.63) is 0 Å². The van der Waals surface area contributed by atoms with E-state index in [1.54, 1.807) is 0 Å². The third kappa shape index (κ3) is 1.12. The summed E-state index contributed by atoms with van der Waals surface area (Å²) in [6.07, 6.45) is 3.27. The van der Waals surface area contributed by atoms with E-state index >= 15 is 0 Å². The first-order valence-corrected chi connectivity index (χ1v) is 4.40. The number of carbonyl (C=O) groups is 1. The summed E-state index contributed by atoms with van der Waals surface area (Å²) in [7, 11) is 0. The average molecular weight is 170 g/mol. The highest BCUT2D eigenvalue weighted by atomic mass is 16.5. The van der Waals surface area contributed by atoms with E-state index in [0.29, 0.717) is 6.61 Å². The highest BCUT2D eigenvalue weighted by Gasteiger charge is 2.53. The number of hydrogen-bond acceptors (Lipinski definition) is 2. The molecule has 0 amide bonds. The molecule has 3 nitrogen and oxygen atoms in total. The van der Waals surface area contributed by atoms with Crippen molar-refractivity contribution < 1.29 is 14.6 Å². The summed E-state index contributed by atoms with van der Waals surface area (Å²) in [5, 5.41) is 8.72. The monoisotopic (exact) mass is 170 g/mol. The van der Waals surface area contributed by atoms with Gasteiger partial charge in [0.25, 0.3) is 0 Å². The fraction of sp³-hybridized carbons (Fsp3) is 0.889. The number of rotatable bonds is 2. The van der Waals surface area contributed by atoms with Crippen LogP contribution in [0.1, 0.15) is 32.6 Å². The second-order valence-electron chi connectivity index (χ2n) is 4.49. The minimum atomic E-state index is -0.690. The fourth-order valence-electron chi connectivity index (χ4n) is 2.60. The van der Waals surface area contributed by atoms with E-state index in [9.17, 15) is 4.79 Å². The van der Waals surface area contributed by atoms with Gasteiger partial charge in [0.2, 0.25) is 0 Å². The predicted molar refractivity (Wildman–Crippen MR) is 42.9 cm³/mol. The Balaban J connectivity index is 2.10. The Bertz CT molecular complexity index is 214. The zero-order chi connectivity index (χ0) is 8.82. The second-order valence-corrected chi connectivity index (χ2v) is 4.49. The quantitative estimate of drug-likeness (QED) is 0.681. The summed E-state index contributed by atoms with van der Waals surface area (Å²) < 4.78 is 5.58. The summed E-state index contributed by atoms with van der Waals surface area (Å²) in [4.78, 5) is 10.6. The third-order valence-electron chi connectivity index (χ3n) is 3.19. The summed E-state index contributed by atoms with van der Waals surface area (Å²) in [6, 6.07) is 0. The molecule has 1 N–H and O–H groups in total. The Morgan fingerprint density at radius 2 is 2.33 bits per heavy atom. The van der Waals surface area contributed by atoms with Crippen LogP contribution in [0.3, 0.4) is 0 Å². The average Bonchev–Trinajstić information content (AvgIpc) is 2.39. The van der Waals surface area contributed by atoms with E-state index in [0.717, 1.165) is 19.3 Å². The lowest BCUT2D eigenvalue weighted by molar-refractivity contribution is -0.140. The van der Waals surface area contributed by atoms with Gasteiger partial charge in [0.05, 0.1) is 18.6 Å². The Morgan fingerprint density at radius 1 is 1.58 bits per heavy atom. The lowest BCUT2D eigenvalue weighted by Gasteiger charge is -2.24. The first-order valence-electron chi connectivity index (χ1n) is 4.40. The van der Waals surface area contributed by atoms with Crippen molar-refractivity contribution in [1.82, 2.24) is 0 Å². The number of ether oxygens (including phenoxy) is 1. The van der Waals surface area contributed by atoms with Crippen LogP contribution in [0.2, 0.25) is 0 Å². The predicted octanol–water partition coefficient (Wildman–Crippen LogP) is 1.42. The van der Waals surface area contributed by atoms with Gasteiger partial charge in [0.1, 0.15) is 0 Å². The zero-order valence-corrected chi connectivity index (χ0v) is 7.30. The van der Waals surface area contributed by atoms with E-state index in [2.05, 4.69) is 6.92 Å². The van der Waals surface area contributed by atoms with Gasteiger partial charge >= 0.3 is 5.97 Å². The molecule has 68 valence electrons. The minimum absolute atomic E-state index is 0.00451. The molecule has 1 heterocycles. The summed E-state index contributed by atoms with van der Waals surface area (Å²) in [5.74, 6) is -0.690. The van der Waals surface area contributed by atoms with Crippen LogP contribution in [0.25, 0.3) is 0 Å². The van der Waals surface area contributed by atoms with Crippen LogP contribution in [0, 0.1) is 5.41 Å². The van der Waals surface area contributed by atoms with Crippen LogP contribution >= 0.6 is 0 Å². The fourth-order valence-corrected chi connectivity index (χ4v) is 2.60. The van der Waals surface area contributed by atoms with Crippen LogP contribution in [-0.4, -0.2) is 23.3 Å². The highest BCUT2D eigenvalue weighted by Crippen LogP contribution is 2.54. The highest BCUT2D eigenvalue weighted by molar-refractivity contribution is 5.68. The van der Waals surface area contributed by atoms with Crippen molar-refractivity contribution in [1.29, 1.82) is 0 Å². The first-order chi connectivity index (χ1) is 5.54. The molecule has 1 saturated carbocycles. The van der Waals surface area contributed by atoms with Crippen molar-refractivity contribution in [2.75, 3.05) is 6.61 Å². The molecular formula is C9H14O3. The number of hydrogen-bond donors (Lipinski definition) is 1. The van der Waals surface area contributed by atoms with E-state index in [-0.39, 0.29) is 17.4 Å². The molecule has 2 fully saturated rings. The van der Waals surface area contributed by atoms with Gasteiger partial charge in [-0.25, -0.2) is 0 Å². The number of carboxylic acids is 1. The largest absolute Gasteiger partial charge is 0.481 e. The molecular weight excluding hydrogens is 156 g/mol. The maximum atomic E-state index is 10.6. The Kier molecular flexibility index (Phi) is 1.49. The van der Waals surface area contributed by atoms with E-state index in [1.165, 1.54) is 0 Å². The molecule has 1 aliphatic heterocycles. The van der Waals surface area contributed by atoms with Crippen LogP contribution in [0.15, 0.2) is 0 Å². The molecule has 0 radical (unpaired) electrons. The van der Waals surface area contributed by atoms with Gasteiger partial charge in [-0.05, 0) is 26.2 Å². The van der Waals surface area contributed by atoms with Gasteiger partial charge in [-0.3, -0.25) is 4.79 Å². The summed E-state index contributed by atoms with van der Waals surface area (Å²) in [5.41, 5.74) is -0.0317. The lowest BCUT2D eigenvalue weighted by atomic mass is 9.84. The summed E-state index contributed by atoms with van der Waals surface area (Å²) >= 11 is 0. The zero-order valence-electron chi connectivity index (χ0n) is 7.30. The molecule has 2 bridgehead atoms. The molecule has 2 atom stereocenters. The maximum Gasteiger partial charge on any atom is 0.303 e. The smallest absolute Gasteiger partial charge is 0.303 e. The molecule has 0 aromatic heterocycles. The van der Waals surface area contributed by atoms with E-state index in [1.807, 2.05) is 0 Å². The van der Waals surface area contributed by atoms with Gasteiger partial charge in [-0.15, -0.1) is 0 Å². The SMILES string of the molecule is CC12CCC(CC(=O)O)(CO1)C2. The number of fused-ring (bicyclic) bond motifs is 2. The van der Waals surface area contributed by atoms with Gasteiger partial charge in [-0.1, -0.05) is 0 Å². The molecule has 0 aromatic carbocycles. The topological polar surface area (TPSA) is 46.5 Å². The molecule has 3 heteroatoms. The standard InChI is InChI=1S/C9H14O3/c1-8-2-3-9(5-8,6-12-8)4-7(10)11/h2-6H2,1H3,(H,10,11). The van der Waals surface area contributed by atoms with Crippen molar-refractivity contribution in [3.63, 3.8) is 0 Å². The van der Waals surface area contributed by atoms with Crippen LogP contribution in [0.5, 0.6) is 0 Å². The molecule has 0 spiro atoms. The molecule has 2 aliphatic rings. The van der Waals surface area contributed by atoms with Gasteiger partial charge in [0, 0.05) is 5.41 Å². The van der Waals surface area contributed by atoms with Crippen LogP contribution in [-0.2, 0) is 9.53 Å². The van der Waals surface area contributed by atoms with Crippen molar-refractivity contribution >= 4 is 5.97 Å². The molecule has 0 aromatic rings. The van der Waals surface area contributed by atoms with E-state index in [4.69, 9.17) is 9.84 Å². The molecule has 2 unspecified atom stereocenters. The first kappa shape index (κ1) is 8.05. The normalized spacial score (nSPS) is 45.1. The number of carboxylic acid groups (broad SMARTS) is 1. The molecule has 2 rings (SSSR count). The van der Waals surface area contributed by atoms with Crippen molar-refractivity contribution in [2.45, 2.75) is 38.2 Å². The van der Waals surface area contributed by atoms with Crippen LogP contribution in [0.4, 0.5) is 0 Å².